The van der Waals surface area contributed by atoms with Crippen LogP contribution in [0, 0.1) is 5.92 Å². The Hall–Kier alpha value is -7.20. The minimum atomic E-state index is -0.371. The van der Waals surface area contributed by atoms with Gasteiger partial charge >= 0.3 is 11.9 Å². The molecule has 0 heterocycles. The predicted octanol–water partition coefficient (Wildman–Crippen LogP) is 16.3. The molecule has 80 heavy (non-hydrogen) atoms. The van der Waals surface area contributed by atoms with Crippen molar-refractivity contribution in [2.45, 2.75) is 151 Å². The van der Waals surface area contributed by atoms with Crippen LogP contribution in [-0.4, -0.2) is 63.1 Å². The predicted molar refractivity (Wildman–Crippen MR) is 322 cm³/mol. The van der Waals surface area contributed by atoms with Crippen LogP contribution in [0.1, 0.15) is 165 Å². The third-order valence-electron chi connectivity index (χ3n) is 13.8. The number of carbonyl (C=O) groups excluding carboxylic acids is 4. The van der Waals surface area contributed by atoms with Gasteiger partial charge in [0.05, 0.1) is 26.4 Å². The van der Waals surface area contributed by atoms with Crippen molar-refractivity contribution in [2.75, 3.05) is 39.6 Å². The second-order valence-corrected chi connectivity index (χ2v) is 21.5. The summed E-state index contributed by atoms with van der Waals surface area (Å²) in [6, 6.07) is 45.0. The van der Waals surface area contributed by atoms with Gasteiger partial charge in [-0.1, -0.05) is 140 Å². The van der Waals surface area contributed by atoms with Crippen LogP contribution in [-0.2, 0) is 47.9 Å². The molecule has 6 rings (SSSR count). The Morgan fingerprint density at radius 3 is 1.49 bits per heavy atom. The summed E-state index contributed by atoms with van der Waals surface area (Å²) in [5.41, 5.74) is 11.3. The highest BCUT2D eigenvalue weighted by Crippen LogP contribution is 2.38. The number of Topliss-reactive ketones (excluding diaryl/α,β-unsaturated/α-hetero) is 2. The molecule has 428 valence electrons. The lowest BCUT2D eigenvalue weighted by atomic mass is 9.90. The lowest BCUT2D eigenvalue weighted by molar-refractivity contribution is -0.146. The van der Waals surface area contributed by atoms with Crippen LogP contribution in [0.5, 0.6) is 23.0 Å². The van der Waals surface area contributed by atoms with E-state index in [-0.39, 0.29) is 48.7 Å². The number of ether oxygens (including phenoxy) is 6. The first-order chi connectivity index (χ1) is 38.6. The summed E-state index contributed by atoms with van der Waals surface area (Å²) in [5.74, 6) is 4.18. The fourth-order valence-corrected chi connectivity index (χ4v) is 9.38. The molecule has 1 unspecified atom stereocenters. The van der Waals surface area contributed by atoms with Crippen molar-refractivity contribution in [3.8, 4) is 45.3 Å². The monoisotopic (exact) mass is 1090 g/mol. The maximum atomic E-state index is 12.4. The van der Waals surface area contributed by atoms with Crippen LogP contribution >= 0.6 is 0 Å². The Morgan fingerprint density at radius 2 is 0.950 bits per heavy atom. The highest BCUT2D eigenvalue weighted by Gasteiger charge is 2.19. The Bertz CT molecular complexity index is 2850. The minimum Gasteiger partial charge on any atom is -0.494 e. The maximum Gasteiger partial charge on any atom is 0.344 e. The Morgan fingerprint density at radius 1 is 0.463 bits per heavy atom. The number of esters is 2. The van der Waals surface area contributed by atoms with Crippen molar-refractivity contribution in [3.63, 3.8) is 0 Å². The zero-order chi connectivity index (χ0) is 57.8. The molecule has 0 aromatic heterocycles. The molecule has 10 heteroatoms. The van der Waals surface area contributed by atoms with Crippen molar-refractivity contribution < 1.29 is 47.6 Å². The van der Waals surface area contributed by atoms with E-state index >= 15 is 0 Å². The van der Waals surface area contributed by atoms with Crippen LogP contribution in [0.3, 0.4) is 0 Å². The summed E-state index contributed by atoms with van der Waals surface area (Å²) in [4.78, 5) is 48.3. The van der Waals surface area contributed by atoms with Gasteiger partial charge in [-0.25, -0.2) is 9.59 Å². The first-order valence-corrected chi connectivity index (χ1v) is 29.1. The highest BCUT2D eigenvalue weighted by molar-refractivity contribution is 5.81. The molecule has 0 spiro atoms. The summed E-state index contributed by atoms with van der Waals surface area (Å²) in [6.45, 7) is 22.4. The summed E-state index contributed by atoms with van der Waals surface area (Å²) in [5, 5.41) is 0. The Balaban J connectivity index is 0.000000295. The molecule has 0 amide bonds. The van der Waals surface area contributed by atoms with Crippen LogP contribution in [0.15, 0.2) is 133 Å². The van der Waals surface area contributed by atoms with Crippen LogP contribution < -0.4 is 18.9 Å². The molecule has 0 radical (unpaired) electrons. The smallest absolute Gasteiger partial charge is 0.344 e. The summed E-state index contributed by atoms with van der Waals surface area (Å²) in [7, 11) is 0. The minimum absolute atomic E-state index is 0.0967. The van der Waals surface area contributed by atoms with Gasteiger partial charge in [0.15, 0.2) is 13.2 Å². The topological polar surface area (TPSA) is 124 Å². The number of ketones is 2. The molecular formula is C70H88O10. The van der Waals surface area contributed by atoms with Crippen LogP contribution in [0.25, 0.3) is 22.3 Å². The van der Waals surface area contributed by atoms with Crippen molar-refractivity contribution in [2.24, 2.45) is 5.92 Å². The molecule has 0 aliphatic rings. The van der Waals surface area contributed by atoms with Gasteiger partial charge in [-0.2, -0.15) is 0 Å². The fourth-order valence-electron chi connectivity index (χ4n) is 9.38. The van der Waals surface area contributed by atoms with Gasteiger partial charge in [-0.3, -0.25) is 9.59 Å². The standard InChI is InChI=1S/C37H48O5.C33H40O5/c1-6-28(5)35-25-30(18-21-36(35)42-26-37(39)40-7-2)34-20-19-33(24-31(34)23-27(3)4)41-22-12-17-32(38)16-11-15-29-13-9-8-10-14-29;1-6-36-33(35)22-38-32-17-15-27(21-30(32)24(4)5)26-14-16-31(29(20-26)23(2)3)37-18-10-13-28(34)19-25-11-8-7-9-12-25/h8-10,13-14,18-21,24-25,27-28H,6-7,11-12,15-17,22-23,26H2,1-5H3;7-9,11-12,14-17,20-21,23-24H,6,10,13,18-19,22H2,1-5H3. The number of carbonyl (C=O) groups is 4. The molecule has 10 nitrogen and oxygen atoms in total. The van der Waals surface area contributed by atoms with Crippen molar-refractivity contribution in [1.29, 1.82) is 0 Å². The highest BCUT2D eigenvalue weighted by atomic mass is 16.6. The maximum absolute atomic E-state index is 12.4. The molecule has 6 aromatic carbocycles. The van der Waals surface area contributed by atoms with Gasteiger partial charge in [-0.05, 0) is 180 Å². The van der Waals surface area contributed by atoms with Crippen molar-refractivity contribution in [3.05, 3.63) is 167 Å². The number of benzene rings is 6. The number of hydrogen-bond donors (Lipinski definition) is 0. The second-order valence-electron chi connectivity index (χ2n) is 21.5. The molecule has 0 saturated carbocycles. The lowest BCUT2D eigenvalue weighted by Gasteiger charge is -2.19. The van der Waals surface area contributed by atoms with Crippen molar-refractivity contribution >= 4 is 23.5 Å². The fraction of sp³-hybridized carbons (Fsp3) is 0.429. The molecule has 0 fully saturated rings. The van der Waals surface area contributed by atoms with E-state index < -0.39 is 0 Å². The first kappa shape index (κ1) is 63.6. The van der Waals surface area contributed by atoms with E-state index in [1.54, 1.807) is 13.8 Å². The van der Waals surface area contributed by atoms with E-state index in [0.717, 1.165) is 88.3 Å². The molecular weight excluding hydrogens is 1000 g/mol. The molecule has 0 bridgehead atoms. The third-order valence-corrected chi connectivity index (χ3v) is 13.8. The van der Waals surface area contributed by atoms with Crippen LogP contribution in [0.2, 0.25) is 0 Å². The molecule has 6 aromatic rings. The number of aryl methyl sites for hydroxylation is 1. The van der Waals surface area contributed by atoms with E-state index in [1.807, 2.05) is 78.9 Å². The van der Waals surface area contributed by atoms with Gasteiger partial charge in [0.1, 0.15) is 34.6 Å². The second kappa shape index (κ2) is 34.1. The largest absolute Gasteiger partial charge is 0.494 e. The number of hydrogen-bond acceptors (Lipinski definition) is 10. The van der Waals surface area contributed by atoms with Gasteiger partial charge in [-0.15, -0.1) is 0 Å². The summed E-state index contributed by atoms with van der Waals surface area (Å²) >= 11 is 0. The lowest BCUT2D eigenvalue weighted by Crippen LogP contribution is -2.15. The molecule has 1 atom stereocenters. The number of rotatable bonds is 32. The molecule has 0 N–H and O–H groups in total. The van der Waals surface area contributed by atoms with E-state index in [0.29, 0.717) is 76.0 Å². The van der Waals surface area contributed by atoms with E-state index in [4.69, 9.17) is 28.4 Å². The quantitative estimate of drug-likeness (QED) is 0.0298. The van der Waals surface area contributed by atoms with Gasteiger partial charge in [0.2, 0.25) is 0 Å². The summed E-state index contributed by atoms with van der Waals surface area (Å²) < 4.78 is 33.9. The normalized spacial score (nSPS) is 11.4. The van der Waals surface area contributed by atoms with Crippen LogP contribution in [0.4, 0.5) is 0 Å². The van der Waals surface area contributed by atoms with Gasteiger partial charge < -0.3 is 28.4 Å². The van der Waals surface area contributed by atoms with Gasteiger partial charge in [0, 0.05) is 25.7 Å². The first-order valence-electron chi connectivity index (χ1n) is 29.1. The molecule has 0 aliphatic carbocycles. The molecule has 0 saturated heterocycles. The van der Waals surface area contributed by atoms with E-state index in [9.17, 15) is 19.2 Å². The zero-order valence-electron chi connectivity index (χ0n) is 49.4. The Labute approximate surface area is 477 Å². The van der Waals surface area contributed by atoms with Crippen molar-refractivity contribution in [1.82, 2.24) is 0 Å². The Kier molecular flexibility index (Phi) is 27.1. The molecule has 0 aliphatic heterocycles. The third kappa shape index (κ3) is 21.5. The van der Waals surface area contributed by atoms with Gasteiger partial charge in [0.25, 0.3) is 0 Å². The van der Waals surface area contributed by atoms with E-state index in [1.165, 1.54) is 16.7 Å². The summed E-state index contributed by atoms with van der Waals surface area (Å²) in [6.07, 6.45) is 7.27. The zero-order valence-corrected chi connectivity index (χ0v) is 49.4. The SMILES string of the molecule is CCOC(=O)COc1ccc(-c2ccc(OCCCC(=O)CCCc3ccccc3)cc2CC(C)C)cc1C(C)CC.CCOC(=O)COc1ccc(-c2ccc(OCCCC(=O)Cc3ccccc3)c(C(C)C)c2)cc1C(C)C. The average molecular weight is 1090 g/mol. The van der Waals surface area contributed by atoms with E-state index in [2.05, 4.69) is 110 Å². The average Bonchev–Trinajstić information content (AvgIpc) is 3.44.